The average Bonchev–Trinajstić information content (AvgIpc) is 3.38. The summed E-state index contributed by atoms with van der Waals surface area (Å²) in [7, 11) is -3.84. The lowest BCUT2D eigenvalue weighted by Crippen LogP contribution is -2.53. The first-order chi connectivity index (χ1) is 20.2. The number of nitrogens with one attached hydrogen (secondary N) is 2. The molecule has 224 valence electrons. The van der Waals surface area contributed by atoms with Crippen LogP contribution in [0.3, 0.4) is 0 Å². The molecule has 0 bridgehead atoms. The van der Waals surface area contributed by atoms with E-state index in [1.165, 1.54) is 18.2 Å². The van der Waals surface area contributed by atoms with Gasteiger partial charge in [-0.25, -0.2) is 23.2 Å². The highest BCUT2D eigenvalue weighted by Gasteiger charge is 2.54. The van der Waals surface area contributed by atoms with E-state index in [-0.39, 0.29) is 35.4 Å². The van der Waals surface area contributed by atoms with Crippen molar-refractivity contribution in [2.24, 2.45) is 4.99 Å². The molecule has 1 aliphatic rings. The molecule has 2 atom stereocenters. The molecule has 3 aromatic carbocycles. The molecule has 4 rings (SSSR count). The van der Waals surface area contributed by atoms with Gasteiger partial charge in [-0.2, -0.15) is 0 Å². The number of aliphatic imine (C=N–C) groups is 1. The van der Waals surface area contributed by atoms with Gasteiger partial charge in [0.25, 0.3) is 5.91 Å². The maximum Gasteiger partial charge on any atom is 0.266 e. The summed E-state index contributed by atoms with van der Waals surface area (Å²) in [5.74, 6) is -0.552. The van der Waals surface area contributed by atoms with Crippen molar-refractivity contribution in [2.75, 3.05) is 32.2 Å². The Kier molecular flexibility index (Phi) is 10.8. The molecular formula is C29H30Cl2FN3O6S. The monoisotopic (exact) mass is 637 g/mol. The van der Waals surface area contributed by atoms with E-state index < -0.39 is 39.8 Å². The number of amides is 1. The van der Waals surface area contributed by atoms with Crippen molar-refractivity contribution in [3.63, 3.8) is 0 Å². The summed E-state index contributed by atoms with van der Waals surface area (Å²) in [5, 5.41) is 9.53. The van der Waals surface area contributed by atoms with E-state index >= 15 is 0 Å². The molecule has 0 unspecified atom stereocenters. The van der Waals surface area contributed by atoms with Crippen LogP contribution in [0.15, 0.2) is 82.7 Å². The third-order valence-corrected chi connectivity index (χ3v) is 8.84. The van der Waals surface area contributed by atoms with Crippen molar-refractivity contribution in [1.82, 2.24) is 10.9 Å². The Labute approximate surface area is 253 Å². The Morgan fingerprint density at radius 3 is 2.50 bits per heavy atom. The first-order valence-corrected chi connectivity index (χ1v) is 15.5. The lowest BCUT2D eigenvalue weighted by atomic mass is 9.85. The normalized spacial score (nSPS) is 18.3. The van der Waals surface area contributed by atoms with Crippen LogP contribution in [0.2, 0.25) is 10.0 Å². The standard InChI is InChI=1S/C29H30Cl2FN3O6S/c30-21-9-12-24(25(31)19-21)26-29(28(37)35-33-15-14-32,13-18-42(38,39)23-5-2-1-3-6-23)34-27(41-26)20-7-10-22(11-8-20)40-17-4-16-36/h1-3,5-12,19,26,33,36H,4,13-18H2,(H,35,37)/t26-,29-/m0/s1. The molecule has 13 heteroatoms. The van der Waals surface area contributed by atoms with Gasteiger partial charge >= 0.3 is 0 Å². The van der Waals surface area contributed by atoms with Crippen LogP contribution >= 0.6 is 23.2 Å². The number of carbonyl (C=O) groups excluding carboxylic acids is 1. The minimum Gasteiger partial charge on any atom is -0.494 e. The minimum absolute atomic E-state index is 0.00169. The topological polar surface area (TPSA) is 126 Å². The molecule has 1 amide bonds. The van der Waals surface area contributed by atoms with Crippen molar-refractivity contribution in [2.45, 2.75) is 29.4 Å². The number of aliphatic hydroxyl groups excluding tert-OH is 1. The Morgan fingerprint density at radius 1 is 1.10 bits per heavy atom. The van der Waals surface area contributed by atoms with Crippen LogP contribution in [-0.2, 0) is 19.4 Å². The molecule has 1 aliphatic heterocycles. The first-order valence-electron chi connectivity index (χ1n) is 13.1. The van der Waals surface area contributed by atoms with Crippen LogP contribution in [0, 0.1) is 0 Å². The highest BCUT2D eigenvalue weighted by molar-refractivity contribution is 7.91. The second-order valence-corrected chi connectivity index (χ2v) is 12.4. The lowest BCUT2D eigenvalue weighted by molar-refractivity contribution is -0.130. The van der Waals surface area contributed by atoms with Gasteiger partial charge in [0, 0.05) is 47.2 Å². The number of ether oxygens (including phenoxy) is 2. The van der Waals surface area contributed by atoms with E-state index in [1.807, 2.05) is 0 Å². The number of benzene rings is 3. The van der Waals surface area contributed by atoms with E-state index in [0.717, 1.165) is 0 Å². The first kappa shape index (κ1) is 31.7. The maximum atomic E-state index is 13.8. The number of rotatable bonds is 14. The molecule has 3 aromatic rings. The van der Waals surface area contributed by atoms with Crippen molar-refractivity contribution in [3.05, 3.63) is 94.0 Å². The van der Waals surface area contributed by atoms with Crippen molar-refractivity contribution in [3.8, 4) is 5.75 Å². The predicted octanol–water partition coefficient (Wildman–Crippen LogP) is 4.47. The van der Waals surface area contributed by atoms with Crippen LogP contribution < -0.4 is 15.6 Å². The van der Waals surface area contributed by atoms with Crippen LogP contribution in [-0.4, -0.2) is 63.1 Å². The van der Waals surface area contributed by atoms with Crippen LogP contribution in [0.4, 0.5) is 4.39 Å². The minimum atomic E-state index is -3.84. The fraction of sp³-hybridized carbons (Fsp3) is 0.310. The number of aliphatic hydroxyl groups is 1. The molecule has 0 saturated heterocycles. The van der Waals surface area contributed by atoms with E-state index in [2.05, 4.69) is 10.9 Å². The van der Waals surface area contributed by atoms with Crippen LogP contribution in [0.25, 0.3) is 0 Å². The maximum absolute atomic E-state index is 13.8. The van der Waals surface area contributed by atoms with E-state index in [9.17, 15) is 17.6 Å². The lowest BCUT2D eigenvalue weighted by Gasteiger charge is -2.31. The summed E-state index contributed by atoms with van der Waals surface area (Å²) in [4.78, 5) is 18.7. The van der Waals surface area contributed by atoms with Crippen molar-refractivity contribution >= 4 is 44.8 Å². The summed E-state index contributed by atoms with van der Waals surface area (Å²) < 4.78 is 51.4. The number of sulfone groups is 1. The Morgan fingerprint density at radius 2 is 1.83 bits per heavy atom. The van der Waals surface area contributed by atoms with Crippen molar-refractivity contribution < 1.29 is 32.2 Å². The van der Waals surface area contributed by atoms with Gasteiger partial charge in [-0.3, -0.25) is 10.2 Å². The summed E-state index contributed by atoms with van der Waals surface area (Å²) in [5.41, 5.74) is 4.01. The number of hydrogen-bond donors (Lipinski definition) is 3. The van der Waals surface area contributed by atoms with E-state index in [1.54, 1.807) is 54.6 Å². The van der Waals surface area contributed by atoms with Crippen LogP contribution in [0.5, 0.6) is 5.75 Å². The third-order valence-electron chi connectivity index (χ3n) is 6.55. The molecule has 9 nitrogen and oxygen atoms in total. The highest BCUT2D eigenvalue weighted by atomic mass is 35.5. The van der Waals surface area contributed by atoms with Crippen LogP contribution in [0.1, 0.15) is 30.1 Å². The average molecular weight is 639 g/mol. The fourth-order valence-electron chi connectivity index (χ4n) is 4.40. The zero-order valence-corrected chi connectivity index (χ0v) is 24.8. The Bertz CT molecular complexity index is 1510. The Balaban J connectivity index is 1.77. The number of hydrogen-bond acceptors (Lipinski definition) is 8. The number of halogens is 3. The highest BCUT2D eigenvalue weighted by Crippen LogP contribution is 2.45. The zero-order valence-electron chi connectivity index (χ0n) is 22.4. The summed E-state index contributed by atoms with van der Waals surface area (Å²) in [6, 6.07) is 19.3. The van der Waals surface area contributed by atoms with Crippen molar-refractivity contribution in [1.29, 1.82) is 0 Å². The SMILES string of the molecule is O=C(NNCCF)[C@@]1(CCS(=O)(=O)c2ccccc2)N=C(c2ccc(OCCCO)cc2)O[C@H]1c1ccc(Cl)cc1Cl. The molecule has 0 saturated carbocycles. The van der Waals surface area contributed by atoms with Gasteiger partial charge < -0.3 is 14.6 Å². The smallest absolute Gasteiger partial charge is 0.266 e. The summed E-state index contributed by atoms with van der Waals surface area (Å²) >= 11 is 12.7. The van der Waals surface area contributed by atoms with Gasteiger partial charge in [0.05, 0.1) is 17.3 Å². The predicted molar refractivity (Wildman–Crippen MR) is 158 cm³/mol. The molecule has 3 N–H and O–H groups in total. The van der Waals surface area contributed by atoms with Gasteiger partial charge in [0.2, 0.25) is 5.90 Å². The molecule has 0 aromatic heterocycles. The second-order valence-electron chi connectivity index (χ2n) is 9.41. The van der Waals surface area contributed by atoms with E-state index in [4.69, 9.17) is 42.8 Å². The molecule has 0 radical (unpaired) electrons. The molecule has 1 heterocycles. The second kappa shape index (κ2) is 14.3. The zero-order chi connectivity index (χ0) is 30.2. The number of carbonyl (C=O) groups is 1. The molecule has 0 spiro atoms. The third kappa shape index (κ3) is 7.40. The molecule has 0 aliphatic carbocycles. The van der Waals surface area contributed by atoms with Gasteiger partial charge in [-0.1, -0.05) is 47.5 Å². The molecule has 0 fully saturated rings. The van der Waals surface area contributed by atoms with Gasteiger partial charge in [0.1, 0.15) is 12.4 Å². The number of alkyl halides is 1. The largest absolute Gasteiger partial charge is 0.494 e. The van der Waals surface area contributed by atoms with E-state index in [0.29, 0.717) is 34.9 Å². The fourth-order valence-corrected chi connectivity index (χ4v) is 6.29. The Hall–Kier alpha value is -3.22. The summed E-state index contributed by atoms with van der Waals surface area (Å²) in [6.45, 7) is -0.595. The summed E-state index contributed by atoms with van der Waals surface area (Å²) in [6.07, 6.45) is -0.972. The molecular weight excluding hydrogens is 608 g/mol. The number of hydrazine groups is 1. The number of nitrogens with zero attached hydrogens (tertiary/aromatic N) is 1. The van der Waals surface area contributed by atoms with Gasteiger partial charge in [0.15, 0.2) is 21.5 Å². The van der Waals surface area contributed by atoms with Gasteiger partial charge in [-0.15, -0.1) is 0 Å². The quantitative estimate of drug-likeness (QED) is 0.176. The van der Waals surface area contributed by atoms with Gasteiger partial charge in [-0.05, 0) is 48.5 Å². The molecule has 42 heavy (non-hydrogen) atoms.